The monoisotopic (exact) mass is 395 g/mol. The number of carbonyl (C=O) groups is 1. The predicted molar refractivity (Wildman–Crippen MR) is 112 cm³/mol. The predicted octanol–water partition coefficient (Wildman–Crippen LogP) is 5.06. The molecule has 28 heavy (non-hydrogen) atoms. The van der Waals surface area contributed by atoms with Crippen molar-refractivity contribution in [1.29, 1.82) is 0 Å². The Hall–Kier alpha value is -2.82. The zero-order valence-corrected chi connectivity index (χ0v) is 16.5. The molecule has 0 heterocycles. The number of hydrogen-bond donors (Lipinski definition) is 2. The molecule has 0 spiro atoms. The third kappa shape index (κ3) is 4.71. The molecule has 3 aromatic carbocycles. The summed E-state index contributed by atoms with van der Waals surface area (Å²) in [6.45, 7) is 3.82. The van der Waals surface area contributed by atoms with Gasteiger partial charge in [0.15, 0.2) is 6.61 Å². The van der Waals surface area contributed by atoms with Gasteiger partial charge < -0.3 is 15.2 Å². The Balaban J connectivity index is 1.75. The van der Waals surface area contributed by atoms with Gasteiger partial charge in [-0.05, 0) is 54.8 Å². The molecule has 0 aliphatic rings. The molecule has 0 radical (unpaired) electrons. The van der Waals surface area contributed by atoms with Crippen molar-refractivity contribution in [2.24, 2.45) is 0 Å². The second-order valence-electron chi connectivity index (χ2n) is 6.58. The van der Waals surface area contributed by atoms with Gasteiger partial charge in [-0.25, -0.2) is 0 Å². The van der Waals surface area contributed by atoms with Crippen molar-refractivity contribution in [3.8, 4) is 5.75 Å². The van der Waals surface area contributed by atoms with Crippen molar-refractivity contribution in [2.75, 3.05) is 11.9 Å². The zero-order chi connectivity index (χ0) is 20.1. The highest BCUT2D eigenvalue weighted by Crippen LogP contribution is 2.31. The molecule has 0 unspecified atom stereocenters. The van der Waals surface area contributed by atoms with E-state index in [1.807, 2.05) is 62.4 Å². The molecule has 0 aliphatic heterocycles. The first kappa shape index (κ1) is 19.9. The quantitative estimate of drug-likeness (QED) is 0.613. The molecular formula is C23H22ClNO3. The molecule has 0 aromatic heterocycles. The number of hydrogen-bond acceptors (Lipinski definition) is 3. The van der Waals surface area contributed by atoms with Crippen molar-refractivity contribution < 1.29 is 14.6 Å². The van der Waals surface area contributed by atoms with Gasteiger partial charge in [0.2, 0.25) is 0 Å². The minimum Gasteiger partial charge on any atom is -0.483 e. The van der Waals surface area contributed by atoms with Gasteiger partial charge in [-0.15, -0.1) is 0 Å². The lowest BCUT2D eigenvalue weighted by Gasteiger charge is -2.17. The Bertz CT molecular complexity index is 973. The maximum absolute atomic E-state index is 12.4. The van der Waals surface area contributed by atoms with E-state index in [0.717, 1.165) is 11.1 Å². The molecule has 0 saturated heterocycles. The number of aliphatic hydroxyl groups is 1. The number of aryl methyl sites for hydroxylation is 1. The van der Waals surface area contributed by atoms with Gasteiger partial charge in [0.1, 0.15) is 11.9 Å². The summed E-state index contributed by atoms with van der Waals surface area (Å²) < 4.78 is 5.66. The van der Waals surface area contributed by atoms with Crippen LogP contribution in [0.4, 0.5) is 5.69 Å². The summed E-state index contributed by atoms with van der Waals surface area (Å²) in [5.41, 5.74) is 3.84. The first-order valence-electron chi connectivity index (χ1n) is 8.97. The normalized spacial score (nSPS) is 11.7. The lowest BCUT2D eigenvalue weighted by molar-refractivity contribution is -0.118. The third-order valence-corrected chi connectivity index (χ3v) is 4.85. The van der Waals surface area contributed by atoms with Crippen LogP contribution in [-0.4, -0.2) is 17.6 Å². The van der Waals surface area contributed by atoms with E-state index < -0.39 is 6.10 Å². The fourth-order valence-electron chi connectivity index (χ4n) is 2.90. The van der Waals surface area contributed by atoms with Gasteiger partial charge in [-0.1, -0.05) is 54.1 Å². The van der Waals surface area contributed by atoms with Gasteiger partial charge in [0.25, 0.3) is 5.91 Å². The Morgan fingerprint density at radius 2 is 1.82 bits per heavy atom. The van der Waals surface area contributed by atoms with E-state index in [9.17, 15) is 9.90 Å². The Labute approximate surface area is 169 Å². The van der Waals surface area contributed by atoms with E-state index in [-0.39, 0.29) is 12.5 Å². The minimum atomic E-state index is -0.907. The molecule has 3 rings (SSSR count). The van der Waals surface area contributed by atoms with Crippen LogP contribution in [0.5, 0.6) is 5.75 Å². The number of aliphatic hydroxyl groups excluding tert-OH is 1. The molecule has 144 valence electrons. The van der Waals surface area contributed by atoms with Crippen molar-refractivity contribution in [3.63, 3.8) is 0 Å². The SMILES string of the molecule is Cc1cccc(OCC(=O)Nc2ccc(Cl)cc2[C@H](O)c2ccccc2)c1C. The van der Waals surface area contributed by atoms with E-state index in [4.69, 9.17) is 16.3 Å². The number of benzene rings is 3. The highest BCUT2D eigenvalue weighted by atomic mass is 35.5. The van der Waals surface area contributed by atoms with Crippen molar-refractivity contribution in [1.82, 2.24) is 0 Å². The van der Waals surface area contributed by atoms with Crippen LogP contribution in [0.25, 0.3) is 0 Å². The molecule has 0 aliphatic carbocycles. The van der Waals surface area contributed by atoms with Crippen LogP contribution in [0.15, 0.2) is 66.7 Å². The summed E-state index contributed by atoms with van der Waals surface area (Å²) in [4.78, 5) is 12.4. The minimum absolute atomic E-state index is 0.131. The average molecular weight is 396 g/mol. The Kier molecular flexibility index (Phi) is 6.34. The maximum Gasteiger partial charge on any atom is 0.262 e. The van der Waals surface area contributed by atoms with Crippen LogP contribution < -0.4 is 10.1 Å². The largest absolute Gasteiger partial charge is 0.483 e. The molecule has 5 heteroatoms. The lowest BCUT2D eigenvalue weighted by atomic mass is 10.00. The summed E-state index contributed by atoms with van der Waals surface area (Å²) in [5.74, 6) is 0.362. The molecular weight excluding hydrogens is 374 g/mol. The Morgan fingerprint density at radius 1 is 1.07 bits per heavy atom. The highest BCUT2D eigenvalue weighted by Gasteiger charge is 2.17. The van der Waals surface area contributed by atoms with Gasteiger partial charge in [-0.2, -0.15) is 0 Å². The third-order valence-electron chi connectivity index (χ3n) is 4.61. The summed E-state index contributed by atoms with van der Waals surface area (Å²) in [6.07, 6.45) is -0.907. The standard InChI is InChI=1S/C23H22ClNO3/c1-15-7-6-10-21(16(15)2)28-14-22(26)25-20-12-11-18(24)13-19(20)23(27)17-8-4-3-5-9-17/h3-13,23,27H,14H2,1-2H3,(H,25,26)/t23-/m1/s1. The first-order valence-corrected chi connectivity index (χ1v) is 9.35. The van der Waals surface area contributed by atoms with Gasteiger partial charge in [-0.3, -0.25) is 4.79 Å². The van der Waals surface area contributed by atoms with Gasteiger partial charge in [0.05, 0.1) is 0 Å². The van der Waals surface area contributed by atoms with E-state index in [0.29, 0.717) is 27.6 Å². The molecule has 0 fully saturated rings. The van der Waals surface area contributed by atoms with Crippen LogP contribution in [0.3, 0.4) is 0 Å². The summed E-state index contributed by atoms with van der Waals surface area (Å²) in [6, 6.07) is 19.9. The fraction of sp³-hybridized carbons (Fsp3) is 0.174. The molecule has 2 N–H and O–H groups in total. The summed E-state index contributed by atoms with van der Waals surface area (Å²) in [7, 11) is 0. The number of ether oxygens (including phenoxy) is 1. The van der Waals surface area contributed by atoms with Crippen LogP contribution in [-0.2, 0) is 4.79 Å². The number of carbonyl (C=O) groups excluding carboxylic acids is 1. The highest BCUT2D eigenvalue weighted by molar-refractivity contribution is 6.30. The van der Waals surface area contributed by atoms with E-state index in [2.05, 4.69) is 5.32 Å². The molecule has 1 amide bonds. The van der Waals surface area contributed by atoms with Crippen molar-refractivity contribution in [2.45, 2.75) is 20.0 Å². The molecule has 0 bridgehead atoms. The zero-order valence-electron chi connectivity index (χ0n) is 15.8. The Morgan fingerprint density at radius 3 is 2.57 bits per heavy atom. The second kappa shape index (κ2) is 8.91. The van der Waals surface area contributed by atoms with Crippen LogP contribution in [0.1, 0.15) is 28.4 Å². The number of halogens is 1. The smallest absolute Gasteiger partial charge is 0.262 e. The molecule has 0 saturated carbocycles. The lowest BCUT2D eigenvalue weighted by Crippen LogP contribution is -2.21. The molecule has 1 atom stereocenters. The van der Waals surface area contributed by atoms with E-state index in [1.54, 1.807) is 18.2 Å². The van der Waals surface area contributed by atoms with E-state index >= 15 is 0 Å². The second-order valence-corrected chi connectivity index (χ2v) is 7.02. The van der Waals surface area contributed by atoms with Crippen molar-refractivity contribution in [3.05, 3.63) is 94.0 Å². The molecule has 3 aromatic rings. The van der Waals surface area contributed by atoms with Crippen LogP contribution >= 0.6 is 11.6 Å². The summed E-state index contributed by atoms with van der Waals surface area (Å²) in [5, 5.41) is 14.0. The fourth-order valence-corrected chi connectivity index (χ4v) is 3.08. The van der Waals surface area contributed by atoms with E-state index in [1.165, 1.54) is 0 Å². The van der Waals surface area contributed by atoms with Crippen LogP contribution in [0.2, 0.25) is 5.02 Å². The van der Waals surface area contributed by atoms with Crippen LogP contribution in [0, 0.1) is 13.8 Å². The topological polar surface area (TPSA) is 58.6 Å². The number of nitrogens with one attached hydrogen (secondary N) is 1. The van der Waals surface area contributed by atoms with Gasteiger partial charge >= 0.3 is 0 Å². The number of amides is 1. The summed E-state index contributed by atoms with van der Waals surface area (Å²) >= 11 is 6.11. The number of rotatable bonds is 6. The first-order chi connectivity index (χ1) is 13.5. The van der Waals surface area contributed by atoms with Crippen molar-refractivity contribution >= 4 is 23.2 Å². The maximum atomic E-state index is 12.4. The van der Waals surface area contributed by atoms with Gasteiger partial charge in [0, 0.05) is 16.3 Å². The molecule has 4 nitrogen and oxygen atoms in total. The number of anilines is 1. The average Bonchev–Trinajstić information content (AvgIpc) is 2.70.